The molecule has 1 N–H and O–H groups in total. The maximum Gasteiger partial charge on any atom is 0.416 e. The monoisotopic (exact) mass is 382 g/mol. The number of hydrogen-bond acceptors (Lipinski definition) is 4. The Kier molecular flexibility index (Phi) is 6.04. The van der Waals surface area contributed by atoms with Crippen LogP contribution in [0.2, 0.25) is 0 Å². The molecule has 6 nitrogen and oxygen atoms in total. The summed E-state index contributed by atoms with van der Waals surface area (Å²) in [4.78, 5) is 22.1. The van der Waals surface area contributed by atoms with Crippen LogP contribution in [0.4, 0.5) is 18.9 Å². The predicted octanol–water partition coefficient (Wildman–Crippen LogP) is 4.33. The fraction of sp³-hybridized carbons (Fsp3) is 0.278. The lowest BCUT2D eigenvalue weighted by Crippen LogP contribution is -2.24. The van der Waals surface area contributed by atoms with Crippen LogP contribution < -0.4 is 10.1 Å². The lowest BCUT2D eigenvalue weighted by molar-refractivity contribution is -0.384. The Morgan fingerprint density at radius 2 is 1.81 bits per heavy atom. The van der Waals surface area contributed by atoms with Gasteiger partial charge in [-0.05, 0) is 43.7 Å². The minimum Gasteiger partial charge on any atom is -0.491 e. The standard InChI is InChI=1S/C18H17F3N2O4/c1-11(2)27-15-8-5-13(16(9-15)18(19,20)21)10-22-17(24)12-3-6-14(7-4-12)23(25)26/h3-9,11H,10H2,1-2H3,(H,22,24). The van der Waals surface area contributed by atoms with Crippen molar-refractivity contribution in [2.45, 2.75) is 32.7 Å². The molecule has 0 saturated carbocycles. The number of alkyl halides is 3. The molecule has 0 spiro atoms. The van der Waals surface area contributed by atoms with Crippen LogP contribution in [-0.2, 0) is 12.7 Å². The van der Waals surface area contributed by atoms with Gasteiger partial charge in [-0.1, -0.05) is 6.07 Å². The first-order chi connectivity index (χ1) is 12.6. The van der Waals surface area contributed by atoms with Crippen LogP contribution in [0.25, 0.3) is 0 Å². The molecule has 0 aliphatic carbocycles. The Morgan fingerprint density at radius 3 is 2.33 bits per heavy atom. The van der Waals surface area contributed by atoms with E-state index in [9.17, 15) is 28.1 Å². The average Bonchev–Trinajstić information content (AvgIpc) is 2.59. The molecule has 27 heavy (non-hydrogen) atoms. The second kappa shape index (κ2) is 8.07. The van der Waals surface area contributed by atoms with Gasteiger partial charge in [0.1, 0.15) is 5.75 Å². The zero-order chi connectivity index (χ0) is 20.2. The molecule has 0 fully saturated rings. The van der Waals surface area contributed by atoms with Gasteiger partial charge in [-0.2, -0.15) is 13.2 Å². The number of nitro benzene ring substituents is 1. The Balaban J connectivity index is 2.16. The molecule has 0 unspecified atom stereocenters. The van der Waals surface area contributed by atoms with Crippen molar-refractivity contribution < 1.29 is 27.6 Å². The average molecular weight is 382 g/mol. The fourth-order valence-corrected chi connectivity index (χ4v) is 2.33. The molecule has 9 heteroatoms. The van der Waals surface area contributed by atoms with Crippen molar-refractivity contribution in [3.05, 3.63) is 69.3 Å². The highest BCUT2D eigenvalue weighted by atomic mass is 19.4. The summed E-state index contributed by atoms with van der Waals surface area (Å²) in [5.74, 6) is -0.553. The number of benzene rings is 2. The third-order valence-corrected chi connectivity index (χ3v) is 3.54. The summed E-state index contributed by atoms with van der Waals surface area (Å²) in [6, 6.07) is 8.31. The summed E-state index contributed by atoms with van der Waals surface area (Å²) in [7, 11) is 0. The summed E-state index contributed by atoms with van der Waals surface area (Å²) in [5, 5.41) is 13.0. The SMILES string of the molecule is CC(C)Oc1ccc(CNC(=O)c2ccc([N+](=O)[O-])cc2)c(C(F)(F)F)c1. The molecule has 0 aliphatic heterocycles. The molecule has 144 valence electrons. The fourth-order valence-electron chi connectivity index (χ4n) is 2.33. The first kappa shape index (κ1) is 20.2. The van der Waals surface area contributed by atoms with Gasteiger partial charge in [-0.15, -0.1) is 0 Å². The minimum atomic E-state index is -4.61. The number of nitrogens with zero attached hydrogens (tertiary/aromatic N) is 1. The van der Waals surface area contributed by atoms with Crippen molar-refractivity contribution in [1.82, 2.24) is 5.32 Å². The Hall–Kier alpha value is -3.10. The molecule has 0 saturated heterocycles. The highest BCUT2D eigenvalue weighted by molar-refractivity contribution is 5.94. The molecular weight excluding hydrogens is 365 g/mol. The maximum absolute atomic E-state index is 13.3. The largest absolute Gasteiger partial charge is 0.491 e. The molecule has 0 radical (unpaired) electrons. The quantitative estimate of drug-likeness (QED) is 0.596. The van der Waals surface area contributed by atoms with E-state index in [1.807, 2.05) is 0 Å². The first-order valence-corrected chi connectivity index (χ1v) is 7.97. The van der Waals surface area contributed by atoms with Crippen LogP contribution >= 0.6 is 0 Å². The topological polar surface area (TPSA) is 81.5 Å². The molecule has 0 aromatic heterocycles. The van der Waals surface area contributed by atoms with Gasteiger partial charge in [0.05, 0.1) is 16.6 Å². The number of ether oxygens (including phenoxy) is 1. The predicted molar refractivity (Wildman–Crippen MR) is 91.5 cm³/mol. The number of nitro groups is 1. The molecule has 0 atom stereocenters. The molecule has 1 amide bonds. The molecular formula is C18H17F3N2O4. The van der Waals surface area contributed by atoms with Gasteiger partial charge in [-0.3, -0.25) is 14.9 Å². The lowest BCUT2D eigenvalue weighted by atomic mass is 10.1. The van der Waals surface area contributed by atoms with Gasteiger partial charge in [0, 0.05) is 24.2 Å². The number of rotatable bonds is 6. The van der Waals surface area contributed by atoms with E-state index in [0.29, 0.717) is 0 Å². The van der Waals surface area contributed by atoms with E-state index in [2.05, 4.69) is 5.32 Å². The number of halogens is 3. The van der Waals surface area contributed by atoms with E-state index in [0.717, 1.165) is 18.2 Å². The van der Waals surface area contributed by atoms with Gasteiger partial charge in [0.25, 0.3) is 11.6 Å². The van der Waals surface area contributed by atoms with E-state index in [-0.39, 0.29) is 35.2 Å². The highest BCUT2D eigenvalue weighted by Crippen LogP contribution is 2.34. The van der Waals surface area contributed by atoms with E-state index in [1.165, 1.54) is 24.3 Å². The number of non-ortho nitro benzene ring substituents is 1. The van der Waals surface area contributed by atoms with Gasteiger partial charge < -0.3 is 10.1 Å². The minimum absolute atomic E-state index is 0.0859. The van der Waals surface area contributed by atoms with Crippen LogP contribution in [0.3, 0.4) is 0 Å². The normalized spacial score (nSPS) is 11.3. The number of carbonyl (C=O) groups is 1. The molecule has 2 aromatic rings. The highest BCUT2D eigenvalue weighted by Gasteiger charge is 2.34. The second-order valence-corrected chi connectivity index (χ2v) is 5.97. The van der Waals surface area contributed by atoms with Gasteiger partial charge >= 0.3 is 6.18 Å². The van der Waals surface area contributed by atoms with Crippen molar-refractivity contribution in [1.29, 1.82) is 0 Å². The van der Waals surface area contributed by atoms with Gasteiger partial charge in [0.2, 0.25) is 0 Å². The van der Waals surface area contributed by atoms with Crippen LogP contribution in [0.1, 0.15) is 35.3 Å². The molecule has 2 rings (SSSR count). The second-order valence-electron chi connectivity index (χ2n) is 5.97. The van der Waals surface area contributed by atoms with Crippen molar-refractivity contribution in [2.75, 3.05) is 0 Å². The van der Waals surface area contributed by atoms with E-state index < -0.39 is 22.6 Å². The van der Waals surface area contributed by atoms with Crippen LogP contribution in [-0.4, -0.2) is 16.9 Å². The number of nitrogens with one attached hydrogen (secondary N) is 1. The Labute approximate surface area is 153 Å². The Bertz CT molecular complexity index is 833. The first-order valence-electron chi connectivity index (χ1n) is 7.97. The Morgan fingerprint density at radius 1 is 1.19 bits per heavy atom. The van der Waals surface area contributed by atoms with Gasteiger partial charge in [0.15, 0.2) is 0 Å². The van der Waals surface area contributed by atoms with Crippen LogP contribution in [0.15, 0.2) is 42.5 Å². The smallest absolute Gasteiger partial charge is 0.416 e. The zero-order valence-corrected chi connectivity index (χ0v) is 14.5. The van der Waals surface area contributed by atoms with Crippen molar-refractivity contribution in [2.24, 2.45) is 0 Å². The van der Waals surface area contributed by atoms with Crippen molar-refractivity contribution in [3.8, 4) is 5.75 Å². The molecule has 0 aliphatic rings. The van der Waals surface area contributed by atoms with Crippen molar-refractivity contribution in [3.63, 3.8) is 0 Å². The van der Waals surface area contributed by atoms with E-state index in [4.69, 9.17) is 4.74 Å². The van der Waals surface area contributed by atoms with Crippen molar-refractivity contribution >= 4 is 11.6 Å². The molecule has 0 bridgehead atoms. The molecule has 2 aromatic carbocycles. The third-order valence-electron chi connectivity index (χ3n) is 3.54. The summed E-state index contributed by atoms with van der Waals surface area (Å²) in [6.07, 6.45) is -4.89. The lowest BCUT2D eigenvalue weighted by Gasteiger charge is -2.17. The summed E-state index contributed by atoms with van der Waals surface area (Å²) >= 11 is 0. The third kappa shape index (κ3) is 5.44. The summed E-state index contributed by atoms with van der Waals surface area (Å²) in [5.41, 5.74) is -1.10. The summed E-state index contributed by atoms with van der Waals surface area (Å²) < 4.78 is 45.2. The van der Waals surface area contributed by atoms with Crippen LogP contribution in [0, 0.1) is 10.1 Å². The number of amides is 1. The van der Waals surface area contributed by atoms with Crippen LogP contribution in [0.5, 0.6) is 5.75 Å². The van der Waals surface area contributed by atoms with E-state index >= 15 is 0 Å². The zero-order valence-electron chi connectivity index (χ0n) is 14.5. The van der Waals surface area contributed by atoms with E-state index in [1.54, 1.807) is 13.8 Å². The molecule has 0 heterocycles. The number of carbonyl (C=O) groups excluding carboxylic acids is 1. The van der Waals surface area contributed by atoms with Gasteiger partial charge in [-0.25, -0.2) is 0 Å². The maximum atomic E-state index is 13.3. The summed E-state index contributed by atoms with van der Waals surface area (Å²) in [6.45, 7) is 3.05. The number of hydrogen-bond donors (Lipinski definition) is 1.